The number of H-pyrrole nitrogens is 1. The Hall–Kier alpha value is -2.70. The van der Waals surface area contributed by atoms with Gasteiger partial charge in [0.05, 0.1) is 0 Å². The van der Waals surface area contributed by atoms with Crippen molar-refractivity contribution in [2.75, 3.05) is 0 Å². The van der Waals surface area contributed by atoms with Crippen LogP contribution in [0.5, 0.6) is 0 Å². The molecule has 3 N–H and O–H groups in total. The summed E-state index contributed by atoms with van der Waals surface area (Å²) in [4.78, 5) is 25.4. The third-order valence-corrected chi connectivity index (χ3v) is 2.41. The first kappa shape index (κ1) is 12.7. The molecule has 0 bridgehead atoms. The minimum Gasteiger partial charge on any atom is -0.475 e. The number of hydrogen-bond donors (Lipinski definition) is 3. The van der Waals surface area contributed by atoms with E-state index >= 15 is 0 Å². The van der Waals surface area contributed by atoms with Gasteiger partial charge in [-0.25, -0.2) is 9.78 Å². The smallest absolute Gasteiger partial charge is 0.373 e. The second-order valence-electron chi connectivity index (χ2n) is 3.92. The highest BCUT2D eigenvalue weighted by Gasteiger charge is 2.11. The normalized spacial score (nSPS) is 10.2. The fourth-order valence-corrected chi connectivity index (χ4v) is 1.53. The van der Waals surface area contributed by atoms with Crippen LogP contribution in [0, 0.1) is 0 Å². The van der Waals surface area contributed by atoms with Crippen LogP contribution >= 0.6 is 0 Å². The van der Waals surface area contributed by atoms with Crippen molar-refractivity contribution in [3.63, 3.8) is 0 Å². The van der Waals surface area contributed by atoms with Crippen LogP contribution in [0.2, 0.25) is 0 Å². The maximum atomic E-state index is 10.8. The molecule has 0 aliphatic heterocycles. The van der Waals surface area contributed by atoms with E-state index < -0.39 is 5.97 Å². The van der Waals surface area contributed by atoms with Gasteiger partial charge in [-0.2, -0.15) is 5.10 Å². The van der Waals surface area contributed by atoms with Gasteiger partial charge in [-0.05, 0) is 11.6 Å². The molecule has 2 rings (SSSR count). The first-order valence-electron chi connectivity index (χ1n) is 5.55. The Morgan fingerprint density at radius 3 is 2.84 bits per heavy atom. The maximum Gasteiger partial charge on any atom is 0.373 e. The van der Waals surface area contributed by atoms with Crippen molar-refractivity contribution in [1.29, 1.82) is 0 Å². The Kier molecular flexibility index (Phi) is 3.56. The van der Waals surface area contributed by atoms with Gasteiger partial charge >= 0.3 is 5.97 Å². The summed E-state index contributed by atoms with van der Waals surface area (Å²) >= 11 is 0. The van der Waals surface area contributed by atoms with E-state index in [1.807, 2.05) is 6.07 Å². The molecule has 0 saturated carbocycles. The molecule has 0 aliphatic carbocycles. The fraction of sp³-hybridized carbons (Fsp3) is 0.167. The molecular weight excluding hydrogens is 248 g/mol. The number of rotatable bonds is 4. The molecule has 0 spiro atoms. The van der Waals surface area contributed by atoms with Crippen molar-refractivity contribution < 1.29 is 14.7 Å². The Bertz CT molecular complexity index is 621. The van der Waals surface area contributed by atoms with E-state index in [0.29, 0.717) is 17.9 Å². The molecule has 1 aromatic carbocycles. The summed E-state index contributed by atoms with van der Waals surface area (Å²) in [5, 5.41) is 17.6. The monoisotopic (exact) mass is 260 g/mol. The van der Waals surface area contributed by atoms with E-state index in [9.17, 15) is 9.59 Å². The molecule has 7 nitrogen and oxygen atoms in total. The molecule has 1 heterocycles. The number of carboxylic acids is 1. The van der Waals surface area contributed by atoms with Gasteiger partial charge < -0.3 is 10.4 Å². The van der Waals surface area contributed by atoms with Crippen molar-refractivity contribution in [2.45, 2.75) is 13.5 Å². The summed E-state index contributed by atoms with van der Waals surface area (Å²) in [5.41, 5.74) is 1.57. The van der Waals surface area contributed by atoms with Gasteiger partial charge in [0.25, 0.3) is 0 Å². The highest BCUT2D eigenvalue weighted by Crippen LogP contribution is 2.16. The number of hydrogen-bond acceptors (Lipinski definition) is 4. The lowest BCUT2D eigenvalue weighted by molar-refractivity contribution is -0.119. The highest BCUT2D eigenvalue weighted by molar-refractivity contribution is 5.83. The first-order valence-corrected chi connectivity index (χ1v) is 5.55. The minimum atomic E-state index is -1.16. The van der Waals surface area contributed by atoms with Crippen LogP contribution in [0.4, 0.5) is 0 Å². The van der Waals surface area contributed by atoms with Crippen LogP contribution in [0.25, 0.3) is 11.4 Å². The number of nitrogens with one attached hydrogen (secondary N) is 2. The van der Waals surface area contributed by atoms with Crippen molar-refractivity contribution in [3.8, 4) is 11.4 Å². The number of aromatic nitrogens is 3. The molecule has 1 aromatic heterocycles. The van der Waals surface area contributed by atoms with Crippen molar-refractivity contribution in [3.05, 3.63) is 35.7 Å². The van der Waals surface area contributed by atoms with Gasteiger partial charge in [-0.15, -0.1) is 0 Å². The number of amides is 1. The van der Waals surface area contributed by atoms with E-state index in [0.717, 1.165) is 5.56 Å². The molecule has 1 amide bonds. The highest BCUT2D eigenvalue weighted by atomic mass is 16.4. The van der Waals surface area contributed by atoms with Gasteiger partial charge in [0.15, 0.2) is 5.82 Å². The lowest BCUT2D eigenvalue weighted by Gasteiger charge is -2.03. The number of nitrogens with zero attached hydrogens (tertiary/aromatic N) is 2. The summed E-state index contributed by atoms with van der Waals surface area (Å²) in [6.07, 6.45) is 0. The molecule has 19 heavy (non-hydrogen) atoms. The van der Waals surface area contributed by atoms with Gasteiger partial charge in [0.2, 0.25) is 11.7 Å². The summed E-state index contributed by atoms with van der Waals surface area (Å²) in [7, 11) is 0. The van der Waals surface area contributed by atoms with Crippen LogP contribution < -0.4 is 5.32 Å². The van der Waals surface area contributed by atoms with Gasteiger partial charge in [-0.1, -0.05) is 18.2 Å². The average molecular weight is 260 g/mol. The van der Waals surface area contributed by atoms with Gasteiger partial charge in [-0.3, -0.25) is 9.89 Å². The van der Waals surface area contributed by atoms with Gasteiger partial charge in [0, 0.05) is 19.0 Å². The Balaban J connectivity index is 2.21. The van der Waals surface area contributed by atoms with E-state index in [1.54, 1.807) is 18.2 Å². The number of aromatic amines is 1. The zero-order valence-corrected chi connectivity index (χ0v) is 10.2. The van der Waals surface area contributed by atoms with E-state index in [4.69, 9.17) is 5.11 Å². The topological polar surface area (TPSA) is 108 Å². The molecule has 0 aliphatic rings. The lowest BCUT2D eigenvalue weighted by Crippen LogP contribution is -2.18. The third-order valence-electron chi connectivity index (χ3n) is 2.41. The van der Waals surface area contributed by atoms with Crippen molar-refractivity contribution in [1.82, 2.24) is 20.5 Å². The summed E-state index contributed by atoms with van der Waals surface area (Å²) in [5.74, 6) is -1.17. The summed E-state index contributed by atoms with van der Waals surface area (Å²) in [6, 6.07) is 7.21. The molecule has 0 atom stereocenters. The Morgan fingerprint density at radius 2 is 2.21 bits per heavy atom. The quantitative estimate of drug-likeness (QED) is 0.753. The SMILES string of the molecule is CC(=O)NCc1cccc(-c2n[nH]c(C(=O)O)n2)c1. The van der Waals surface area contributed by atoms with Crippen molar-refractivity contribution in [2.24, 2.45) is 0 Å². The van der Waals surface area contributed by atoms with Gasteiger partial charge in [0.1, 0.15) is 0 Å². The van der Waals surface area contributed by atoms with E-state index in [2.05, 4.69) is 20.5 Å². The van der Waals surface area contributed by atoms with Crippen LogP contribution in [-0.2, 0) is 11.3 Å². The predicted molar refractivity (Wildman–Crippen MR) is 66.3 cm³/mol. The Labute approximate surface area is 108 Å². The summed E-state index contributed by atoms with van der Waals surface area (Å²) < 4.78 is 0. The molecule has 0 radical (unpaired) electrons. The lowest BCUT2D eigenvalue weighted by atomic mass is 10.1. The number of benzene rings is 1. The van der Waals surface area contributed by atoms with E-state index in [-0.39, 0.29) is 11.7 Å². The van der Waals surface area contributed by atoms with Crippen LogP contribution in [0.3, 0.4) is 0 Å². The second kappa shape index (κ2) is 5.30. The van der Waals surface area contributed by atoms with Crippen LogP contribution in [0.15, 0.2) is 24.3 Å². The Morgan fingerprint density at radius 1 is 1.42 bits per heavy atom. The number of carboxylic acid groups (broad SMARTS) is 1. The largest absolute Gasteiger partial charge is 0.475 e. The fourth-order valence-electron chi connectivity index (χ4n) is 1.53. The molecular formula is C12H12N4O3. The third kappa shape index (κ3) is 3.15. The van der Waals surface area contributed by atoms with Crippen LogP contribution in [-0.4, -0.2) is 32.2 Å². The standard InChI is InChI=1S/C12H12N4O3/c1-7(17)13-6-8-3-2-4-9(5-8)10-14-11(12(18)19)16-15-10/h2-5H,6H2,1H3,(H,13,17)(H,18,19)(H,14,15,16). The molecule has 0 unspecified atom stereocenters. The molecule has 7 heteroatoms. The maximum absolute atomic E-state index is 10.8. The van der Waals surface area contributed by atoms with Crippen LogP contribution in [0.1, 0.15) is 23.1 Å². The molecule has 98 valence electrons. The molecule has 2 aromatic rings. The zero-order valence-electron chi connectivity index (χ0n) is 10.2. The molecule has 0 fully saturated rings. The minimum absolute atomic E-state index is 0.114. The zero-order chi connectivity index (χ0) is 13.8. The average Bonchev–Trinajstić information content (AvgIpc) is 2.86. The molecule has 0 saturated heterocycles. The first-order chi connectivity index (χ1) is 9.06. The number of aromatic carboxylic acids is 1. The predicted octanol–water partition coefficient (Wildman–Crippen LogP) is 0.806. The van der Waals surface area contributed by atoms with E-state index in [1.165, 1.54) is 6.92 Å². The van der Waals surface area contributed by atoms with Crippen molar-refractivity contribution >= 4 is 11.9 Å². The number of carbonyl (C=O) groups is 2. The number of carbonyl (C=O) groups excluding carboxylic acids is 1. The summed E-state index contributed by atoms with van der Waals surface area (Å²) in [6.45, 7) is 1.84. The second-order valence-corrected chi connectivity index (χ2v) is 3.92.